The third-order valence-electron chi connectivity index (χ3n) is 4.83. The number of hydrogen-bond acceptors (Lipinski definition) is 8. The molecule has 0 saturated carbocycles. The van der Waals surface area contributed by atoms with Gasteiger partial charge in [-0.25, -0.2) is 10.2 Å². The van der Waals surface area contributed by atoms with Crippen molar-refractivity contribution in [2.75, 3.05) is 7.11 Å². The first kappa shape index (κ1) is 21.9. The molecule has 1 amide bonds. The third kappa shape index (κ3) is 4.65. The number of nitro benzene ring substituents is 1. The summed E-state index contributed by atoms with van der Waals surface area (Å²) in [4.78, 5) is 34.9. The molecule has 9 nitrogen and oxygen atoms in total. The zero-order chi connectivity index (χ0) is 23.5. The van der Waals surface area contributed by atoms with Crippen LogP contribution in [0.15, 0.2) is 64.1 Å². The molecule has 4 rings (SSSR count). The molecule has 0 radical (unpaired) electrons. The smallest absolute Gasteiger partial charge is 0.337 e. The van der Waals surface area contributed by atoms with Crippen LogP contribution in [0.3, 0.4) is 0 Å². The van der Waals surface area contributed by atoms with Gasteiger partial charge < -0.3 is 9.15 Å². The van der Waals surface area contributed by atoms with Crippen LogP contribution in [0.2, 0.25) is 0 Å². The van der Waals surface area contributed by atoms with Gasteiger partial charge in [0.1, 0.15) is 11.5 Å². The number of aryl methyl sites for hydroxylation is 1. The van der Waals surface area contributed by atoms with Crippen LogP contribution in [-0.4, -0.2) is 30.1 Å². The second-order valence-corrected chi connectivity index (χ2v) is 8.10. The van der Waals surface area contributed by atoms with E-state index in [1.54, 1.807) is 42.5 Å². The van der Waals surface area contributed by atoms with Crippen LogP contribution in [0.4, 0.5) is 5.69 Å². The zero-order valence-corrected chi connectivity index (χ0v) is 18.3. The average molecular weight is 463 g/mol. The molecule has 0 aliphatic carbocycles. The number of nitro groups is 1. The normalized spacial score (nSPS) is 11.1. The van der Waals surface area contributed by atoms with Crippen LogP contribution in [0.1, 0.15) is 31.4 Å². The van der Waals surface area contributed by atoms with Crippen molar-refractivity contribution >= 4 is 45.2 Å². The summed E-state index contributed by atoms with van der Waals surface area (Å²) >= 11 is 1.21. The number of amides is 1. The Kier molecular flexibility index (Phi) is 6.01. The Labute approximate surface area is 191 Å². The van der Waals surface area contributed by atoms with Gasteiger partial charge in [0.05, 0.1) is 28.7 Å². The van der Waals surface area contributed by atoms with Crippen LogP contribution in [-0.2, 0) is 4.74 Å². The molecule has 0 unspecified atom stereocenters. The SMILES string of the molecule is COC(=O)c1ccc(-c2ccc(/C=N\NC(=O)c3cc4cc([N+](=O)[O-])ccc4s3)o2)c(C)c1. The number of esters is 1. The van der Waals surface area contributed by atoms with E-state index >= 15 is 0 Å². The Morgan fingerprint density at radius 3 is 2.70 bits per heavy atom. The number of thiophene rings is 1. The first-order chi connectivity index (χ1) is 15.9. The van der Waals surface area contributed by atoms with Crippen LogP contribution in [0.5, 0.6) is 0 Å². The van der Waals surface area contributed by atoms with E-state index in [1.807, 2.05) is 6.92 Å². The molecule has 0 aliphatic rings. The van der Waals surface area contributed by atoms with E-state index in [0.717, 1.165) is 15.8 Å². The lowest BCUT2D eigenvalue weighted by molar-refractivity contribution is -0.384. The molecule has 1 N–H and O–H groups in total. The van der Waals surface area contributed by atoms with Gasteiger partial charge in [0.2, 0.25) is 0 Å². The van der Waals surface area contributed by atoms with Gasteiger partial charge in [-0.2, -0.15) is 5.10 Å². The van der Waals surface area contributed by atoms with E-state index in [2.05, 4.69) is 10.5 Å². The minimum absolute atomic E-state index is 0.0333. The van der Waals surface area contributed by atoms with Gasteiger partial charge in [-0.15, -0.1) is 11.3 Å². The van der Waals surface area contributed by atoms with Gasteiger partial charge in [0.25, 0.3) is 11.6 Å². The maximum Gasteiger partial charge on any atom is 0.337 e. The summed E-state index contributed by atoms with van der Waals surface area (Å²) in [5.41, 5.74) is 4.50. The van der Waals surface area contributed by atoms with Gasteiger partial charge in [0.15, 0.2) is 0 Å². The van der Waals surface area contributed by atoms with Crippen LogP contribution < -0.4 is 5.43 Å². The molecule has 2 aromatic carbocycles. The summed E-state index contributed by atoms with van der Waals surface area (Å²) in [5.74, 6) is 0.164. The molecule has 2 aromatic heterocycles. The van der Waals surface area contributed by atoms with Gasteiger partial charge in [-0.3, -0.25) is 14.9 Å². The molecule has 10 heteroatoms. The molecule has 2 heterocycles. The summed E-state index contributed by atoms with van der Waals surface area (Å²) in [6, 6.07) is 14.6. The molecule has 33 heavy (non-hydrogen) atoms. The van der Waals surface area contributed by atoms with E-state index in [0.29, 0.717) is 27.3 Å². The molecule has 0 saturated heterocycles. The molecule has 0 atom stereocenters. The Bertz CT molecular complexity index is 1420. The van der Waals surface area contributed by atoms with E-state index in [4.69, 9.17) is 9.15 Å². The van der Waals surface area contributed by atoms with E-state index in [-0.39, 0.29) is 5.69 Å². The maximum absolute atomic E-state index is 12.4. The molecule has 166 valence electrons. The standard InChI is InChI=1S/C23H17N3O6S/c1-13-9-14(23(28)31-2)3-6-18(13)19-7-5-17(32-19)12-24-25-22(27)21-11-15-10-16(26(29)30)4-8-20(15)33-21/h3-12H,1-2H3,(H,25,27)/b24-12-. The monoisotopic (exact) mass is 463 g/mol. The lowest BCUT2D eigenvalue weighted by atomic mass is 10.0. The molecule has 0 spiro atoms. The fourth-order valence-electron chi connectivity index (χ4n) is 3.22. The summed E-state index contributed by atoms with van der Waals surface area (Å²) in [6.45, 7) is 1.86. The lowest BCUT2D eigenvalue weighted by Gasteiger charge is -2.05. The predicted molar refractivity (Wildman–Crippen MR) is 124 cm³/mol. The molecule has 0 aliphatic heterocycles. The minimum Gasteiger partial charge on any atom is -0.465 e. The predicted octanol–water partition coefficient (Wildman–Crippen LogP) is 4.93. The van der Waals surface area contributed by atoms with Crippen molar-refractivity contribution in [1.29, 1.82) is 0 Å². The summed E-state index contributed by atoms with van der Waals surface area (Å²) in [5, 5.41) is 15.5. The van der Waals surface area contributed by atoms with Gasteiger partial charge in [0, 0.05) is 27.8 Å². The van der Waals surface area contributed by atoms with Crippen molar-refractivity contribution < 1.29 is 23.7 Å². The summed E-state index contributed by atoms with van der Waals surface area (Å²) < 4.78 is 11.3. The highest BCUT2D eigenvalue weighted by molar-refractivity contribution is 7.20. The summed E-state index contributed by atoms with van der Waals surface area (Å²) in [7, 11) is 1.33. The number of nitrogens with one attached hydrogen (secondary N) is 1. The topological polar surface area (TPSA) is 124 Å². The maximum atomic E-state index is 12.4. The lowest BCUT2D eigenvalue weighted by Crippen LogP contribution is -2.15. The second-order valence-electron chi connectivity index (χ2n) is 7.01. The van der Waals surface area contributed by atoms with Gasteiger partial charge in [-0.05, 0) is 48.9 Å². The Hall–Kier alpha value is -4.31. The third-order valence-corrected chi connectivity index (χ3v) is 5.95. The van der Waals surface area contributed by atoms with Crippen molar-refractivity contribution in [2.45, 2.75) is 6.92 Å². The van der Waals surface area contributed by atoms with Crippen molar-refractivity contribution in [2.24, 2.45) is 5.10 Å². The van der Waals surface area contributed by atoms with E-state index < -0.39 is 16.8 Å². The van der Waals surface area contributed by atoms with Gasteiger partial charge >= 0.3 is 5.97 Å². The van der Waals surface area contributed by atoms with E-state index in [1.165, 1.54) is 36.8 Å². The molecule has 0 fully saturated rings. The van der Waals surface area contributed by atoms with E-state index in [9.17, 15) is 19.7 Å². The Morgan fingerprint density at radius 1 is 1.15 bits per heavy atom. The van der Waals surface area contributed by atoms with Crippen molar-refractivity contribution in [3.05, 3.63) is 86.5 Å². The Balaban J connectivity index is 1.44. The highest BCUT2D eigenvalue weighted by atomic mass is 32.1. The number of benzene rings is 2. The van der Waals surface area contributed by atoms with Crippen LogP contribution >= 0.6 is 11.3 Å². The largest absolute Gasteiger partial charge is 0.465 e. The van der Waals surface area contributed by atoms with Gasteiger partial charge in [-0.1, -0.05) is 6.07 Å². The van der Waals surface area contributed by atoms with Crippen molar-refractivity contribution in [3.8, 4) is 11.3 Å². The number of furan rings is 1. The highest BCUT2D eigenvalue weighted by Gasteiger charge is 2.14. The first-order valence-corrected chi connectivity index (χ1v) is 10.5. The number of rotatable bonds is 6. The number of non-ortho nitro benzene ring substituents is 1. The zero-order valence-electron chi connectivity index (χ0n) is 17.5. The number of carbonyl (C=O) groups is 2. The van der Waals surface area contributed by atoms with Crippen molar-refractivity contribution in [3.63, 3.8) is 0 Å². The number of methoxy groups -OCH3 is 1. The molecule has 4 aromatic rings. The molecule has 0 bridgehead atoms. The second kappa shape index (κ2) is 9.05. The quantitative estimate of drug-likeness (QED) is 0.187. The number of fused-ring (bicyclic) bond motifs is 1. The molecular formula is C23H17N3O6S. The Morgan fingerprint density at radius 2 is 1.97 bits per heavy atom. The van der Waals surface area contributed by atoms with Crippen LogP contribution in [0.25, 0.3) is 21.4 Å². The fourth-order valence-corrected chi connectivity index (χ4v) is 4.15. The van der Waals surface area contributed by atoms with Crippen LogP contribution in [0, 0.1) is 17.0 Å². The molecular weight excluding hydrogens is 446 g/mol. The number of carbonyl (C=O) groups excluding carboxylic acids is 2. The minimum atomic E-state index is -0.478. The number of hydrogen-bond donors (Lipinski definition) is 1. The number of ether oxygens (including phenoxy) is 1. The number of nitrogens with zero attached hydrogens (tertiary/aromatic N) is 2. The number of hydrazone groups is 1. The highest BCUT2D eigenvalue weighted by Crippen LogP contribution is 2.29. The first-order valence-electron chi connectivity index (χ1n) is 9.66. The summed E-state index contributed by atoms with van der Waals surface area (Å²) in [6.07, 6.45) is 1.37. The fraction of sp³-hybridized carbons (Fsp3) is 0.0870. The van der Waals surface area contributed by atoms with Crippen molar-refractivity contribution in [1.82, 2.24) is 5.43 Å². The average Bonchev–Trinajstić information content (AvgIpc) is 3.45.